The number of azo groups is 1. The number of nitrogens with zero attached hydrogens (tertiary/aromatic N) is 4. The second-order valence-electron chi connectivity index (χ2n) is 10.4. The number of carbonyl (C=O) groups is 4. The number of carbonyl (C=O) groups excluding carboxylic acids is 3. The van der Waals surface area contributed by atoms with Crippen molar-refractivity contribution in [3.63, 3.8) is 0 Å². The van der Waals surface area contributed by atoms with Crippen LogP contribution in [0.25, 0.3) is 0 Å². The average Bonchev–Trinajstić information content (AvgIpc) is 3.62. The van der Waals surface area contributed by atoms with Gasteiger partial charge in [0.2, 0.25) is 17.7 Å². The van der Waals surface area contributed by atoms with Crippen molar-refractivity contribution < 1.29 is 24.3 Å². The Morgan fingerprint density at radius 2 is 1.46 bits per heavy atom. The van der Waals surface area contributed by atoms with Crippen LogP contribution in [0.1, 0.15) is 45.1 Å². The summed E-state index contributed by atoms with van der Waals surface area (Å²) in [4.78, 5) is 54.2. The van der Waals surface area contributed by atoms with Crippen molar-refractivity contribution in [1.82, 2.24) is 15.1 Å². The lowest BCUT2D eigenvalue weighted by atomic mass is 10.0. The molecule has 10 heteroatoms. The summed E-state index contributed by atoms with van der Waals surface area (Å²) in [5, 5.41) is 20.8. The van der Waals surface area contributed by atoms with Gasteiger partial charge in [0.25, 0.3) is 0 Å². The van der Waals surface area contributed by atoms with Gasteiger partial charge in [-0.1, -0.05) is 44.2 Å². The van der Waals surface area contributed by atoms with Crippen molar-refractivity contribution in [3.8, 4) is 0 Å². The van der Waals surface area contributed by atoms with E-state index in [1.807, 2.05) is 44.2 Å². The highest BCUT2D eigenvalue weighted by Gasteiger charge is 2.43. The van der Waals surface area contributed by atoms with Crippen molar-refractivity contribution in [2.45, 2.75) is 64.1 Å². The van der Waals surface area contributed by atoms with Crippen LogP contribution in [-0.2, 0) is 25.6 Å². The zero-order valence-corrected chi connectivity index (χ0v) is 22.3. The normalized spacial score (nSPS) is 20.0. The van der Waals surface area contributed by atoms with Gasteiger partial charge in [0, 0.05) is 13.1 Å². The number of likely N-dealkylation sites (tertiary alicyclic amines) is 2. The third kappa shape index (κ3) is 6.87. The Morgan fingerprint density at radius 3 is 2.08 bits per heavy atom. The van der Waals surface area contributed by atoms with Crippen LogP contribution < -0.4 is 5.32 Å². The lowest BCUT2D eigenvalue weighted by Crippen LogP contribution is -2.56. The summed E-state index contributed by atoms with van der Waals surface area (Å²) in [5.41, 5.74) is 2.17. The van der Waals surface area contributed by atoms with E-state index in [-0.39, 0.29) is 30.1 Å². The predicted molar refractivity (Wildman–Crippen MR) is 145 cm³/mol. The minimum Gasteiger partial charge on any atom is -0.480 e. The lowest BCUT2D eigenvalue weighted by molar-refractivity contribution is -0.152. The van der Waals surface area contributed by atoms with Crippen LogP contribution >= 0.6 is 0 Å². The minimum atomic E-state index is -1.02. The average molecular weight is 534 g/mol. The fourth-order valence-electron chi connectivity index (χ4n) is 5.16. The van der Waals surface area contributed by atoms with Crippen molar-refractivity contribution >= 4 is 35.1 Å². The van der Waals surface area contributed by atoms with Crippen LogP contribution in [-0.4, -0.2) is 69.8 Å². The first kappa shape index (κ1) is 27.9. The molecule has 2 aliphatic rings. The van der Waals surface area contributed by atoms with Gasteiger partial charge in [-0.05, 0) is 61.4 Å². The SMILES string of the molecule is CC(C)[C@H](NC(=O)Cc1ccc(N=Nc2ccccc2)cc1)C(=O)N1CCC[C@H]1C(=O)N1CCC[C@H]1C(=O)O. The van der Waals surface area contributed by atoms with Gasteiger partial charge in [-0.2, -0.15) is 10.2 Å². The zero-order chi connectivity index (χ0) is 27.9. The number of hydrogen-bond donors (Lipinski definition) is 2. The standard InChI is InChI=1S/C29H35N5O5/c1-19(2)26(28(37)33-16-6-10-23(33)27(36)34-17-7-11-24(34)29(38)39)30-25(35)18-20-12-14-22(15-13-20)32-31-21-8-4-3-5-9-21/h3-5,8-9,12-15,19,23-24,26H,6-7,10-11,16-18H2,1-2H3,(H,30,35)(H,38,39)/t23-,24-,26-/m0/s1. The lowest BCUT2D eigenvalue weighted by Gasteiger charge is -2.33. The number of hydrogen-bond acceptors (Lipinski definition) is 6. The van der Waals surface area contributed by atoms with Gasteiger partial charge in [0.05, 0.1) is 17.8 Å². The number of nitrogens with one attached hydrogen (secondary N) is 1. The van der Waals surface area contributed by atoms with E-state index in [1.165, 1.54) is 9.80 Å². The molecule has 3 atom stereocenters. The fourth-order valence-corrected chi connectivity index (χ4v) is 5.16. The Kier molecular flexibility index (Phi) is 9.06. The van der Waals surface area contributed by atoms with Gasteiger partial charge in [0.1, 0.15) is 18.1 Å². The summed E-state index contributed by atoms with van der Waals surface area (Å²) in [7, 11) is 0. The number of rotatable bonds is 9. The molecule has 2 heterocycles. The van der Waals surface area contributed by atoms with E-state index < -0.39 is 24.1 Å². The van der Waals surface area contributed by atoms with Crippen LogP contribution in [0, 0.1) is 5.92 Å². The van der Waals surface area contributed by atoms with Crippen molar-refractivity contribution in [3.05, 3.63) is 60.2 Å². The third-order valence-electron chi connectivity index (χ3n) is 7.23. The molecular weight excluding hydrogens is 498 g/mol. The summed E-state index contributed by atoms with van der Waals surface area (Å²) in [6.07, 6.45) is 2.28. The number of benzene rings is 2. The molecule has 2 aliphatic heterocycles. The van der Waals surface area contributed by atoms with Crippen molar-refractivity contribution in [2.24, 2.45) is 16.1 Å². The van der Waals surface area contributed by atoms with Gasteiger partial charge in [-0.25, -0.2) is 4.79 Å². The number of aliphatic carboxylic acids is 1. The number of carboxylic acid groups (broad SMARTS) is 1. The molecule has 2 fully saturated rings. The first-order valence-corrected chi connectivity index (χ1v) is 13.4. The summed E-state index contributed by atoms with van der Waals surface area (Å²) < 4.78 is 0. The third-order valence-corrected chi connectivity index (χ3v) is 7.23. The maximum atomic E-state index is 13.6. The van der Waals surface area contributed by atoms with E-state index >= 15 is 0 Å². The summed E-state index contributed by atoms with van der Waals surface area (Å²) in [6.45, 7) is 4.48. The molecule has 0 spiro atoms. The molecule has 2 N–H and O–H groups in total. The molecule has 4 rings (SSSR count). The molecule has 206 valence electrons. The van der Waals surface area contributed by atoms with Crippen molar-refractivity contribution in [2.75, 3.05) is 13.1 Å². The largest absolute Gasteiger partial charge is 0.480 e. The van der Waals surface area contributed by atoms with Crippen LogP contribution in [0.2, 0.25) is 0 Å². The first-order chi connectivity index (χ1) is 18.7. The summed E-state index contributed by atoms with van der Waals surface area (Å²) in [5.74, 6) is -2.14. The molecule has 0 radical (unpaired) electrons. The zero-order valence-electron chi connectivity index (χ0n) is 22.3. The smallest absolute Gasteiger partial charge is 0.326 e. The monoisotopic (exact) mass is 533 g/mol. The van der Waals surface area contributed by atoms with Crippen molar-refractivity contribution in [1.29, 1.82) is 0 Å². The van der Waals surface area contributed by atoms with Crippen LogP contribution in [0.3, 0.4) is 0 Å². The Labute approximate surface area is 228 Å². The highest BCUT2D eigenvalue weighted by atomic mass is 16.4. The fraction of sp³-hybridized carbons (Fsp3) is 0.448. The molecule has 0 aliphatic carbocycles. The Bertz CT molecular complexity index is 1210. The molecule has 2 aromatic carbocycles. The summed E-state index contributed by atoms with van der Waals surface area (Å²) >= 11 is 0. The molecule has 0 aromatic heterocycles. The molecule has 2 saturated heterocycles. The van der Waals surface area contributed by atoms with Crippen LogP contribution in [0.15, 0.2) is 64.8 Å². The minimum absolute atomic E-state index is 0.0863. The molecule has 39 heavy (non-hydrogen) atoms. The van der Waals surface area contributed by atoms with E-state index in [2.05, 4.69) is 15.5 Å². The highest BCUT2D eigenvalue weighted by Crippen LogP contribution is 2.26. The van der Waals surface area contributed by atoms with Gasteiger partial charge in [-0.15, -0.1) is 0 Å². The summed E-state index contributed by atoms with van der Waals surface area (Å²) in [6, 6.07) is 14.2. The second-order valence-corrected chi connectivity index (χ2v) is 10.4. The Hall–Kier alpha value is -4.08. The molecule has 0 bridgehead atoms. The Balaban J connectivity index is 1.37. The maximum Gasteiger partial charge on any atom is 0.326 e. The second kappa shape index (κ2) is 12.6. The van der Waals surface area contributed by atoms with E-state index in [9.17, 15) is 24.3 Å². The van der Waals surface area contributed by atoms with E-state index in [0.717, 1.165) is 11.3 Å². The van der Waals surface area contributed by atoms with Crippen LogP contribution in [0.5, 0.6) is 0 Å². The molecule has 0 saturated carbocycles. The molecule has 0 unspecified atom stereocenters. The van der Waals surface area contributed by atoms with Gasteiger partial charge in [0.15, 0.2) is 0 Å². The topological polar surface area (TPSA) is 132 Å². The number of amides is 3. The van der Waals surface area contributed by atoms with Gasteiger partial charge < -0.3 is 20.2 Å². The number of carboxylic acids is 1. The van der Waals surface area contributed by atoms with Gasteiger partial charge in [-0.3, -0.25) is 14.4 Å². The molecule has 10 nitrogen and oxygen atoms in total. The maximum absolute atomic E-state index is 13.6. The first-order valence-electron chi connectivity index (χ1n) is 13.4. The molecule has 3 amide bonds. The quantitative estimate of drug-likeness (QED) is 0.473. The van der Waals surface area contributed by atoms with Crippen LogP contribution in [0.4, 0.5) is 11.4 Å². The van der Waals surface area contributed by atoms with Gasteiger partial charge >= 0.3 is 5.97 Å². The van der Waals surface area contributed by atoms with E-state index in [0.29, 0.717) is 44.5 Å². The van der Waals surface area contributed by atoms with E-state index in [1.54, 1.807) is 24.3 Å². The molecule has 2 aromatic rings. The van der Waals surface area contributed by atoms with E-state index in [4.69, 9.17) is 0 Å². The predicted octanol–water partition coefficient (Wildman–Crippen LogP) is 3.85. The highest BCUT2D eigenvalue weighted by molar-refractivity contribution is 5.94. The Morgan fingerprint density at radius 1 is 0.872 bits per heavy atom. The molecular formula is C29H35N5O5.